The van der Waals surface area contributed by atoms with Crippen LogP contribution < -0.4 is 16.0 Å². The molecule has 0 saturated heterocycles. The van der Waals surface area contributed by atoms with E-state index in [0.29, 0.717) is 6.54 Å². The van der Waals surface area contributed by atoms with Crippen molar-refractivity contribution in [2.45, 2.75) is 6.42 Å². The molecule has 0 radical (unpaired) electrons. The van der Waals surface area contributed by atoms with Gasteiger partial charge in [-0.05, 0) is 30.7 Å². The molecule has 7 nitrogen and oxygen atoms in total. The van der Waals surface area contributed by atoms with Gasteiger partial charge in [0.15, 0.2) is 0 Å². The first-order valence-electron chi connectivity index (χ1n) is 7.57. The highest BCUT2D eigenvalue weighted by atomic mass is 16.6. The van der Waals surface area contributed by atoms with Gasteiger partial charge in [-0.2, -0.15) is 0 Å². The Labute approximate surface area is 140 Å². The van der Waals surface area contributed by atoms with Crippen molar-refractivity contribution in [2.24, 2.45) is 0 Å². The van der Waals surface area contributed by atoms with Crippen LogP contribution >= 0.6 is 0 Å². The number of nitrogen functional groups attached to an aromatic ring is 1. The molecule has 0 unspecified atom stereocenters. The van der Waals surface area contributed by atoms with E-state index in [9.17, 15) is 14.9 Å². The van der Waals surface area contributed by atoms with Crippen LogP contribution in [0.3, 0.4) is 0 Å². The Balaban J connectivity index is 1.83. The molecule has 0 saturated carbocycles. The van der Waals surface area contributed by atoms with Gasteiger partial charge >= 0.3 is 0 Å². The Morgan fingerprint density at radius 3 is 2.62 bits per heavy atom. The number of para-hydroxylation sites is 1. The molecule has 0 spiro atoms. The van der Waals surface area contributed by atoms with Crippen molar-refractivity contribution < 1.29 is 9.72 Å². The smallest absolute Gasteiger partial charge is 0.292 e. The summed E-state index contributed by atoms with van der Waals surface area (Å²) in [4.78, 5) is 24.4. The minimum Gasteiger partial charge on any atom is -0.393 e. The summed E-state index contributed by atoms with van der Waals surface area (Å²) in [5.41, 5.74) is 6.64. The van der Waals surface area contributed by atoms with Crippen molar-refractivity contribution in [2.75, 3.05) is 30.8 Å². The molecule has 0 fully saturated rings. The van der Waals surface area contributed by atoms with E-state index in [0.717, 1.165) is 18.7 Å². The maximum atomic E-state index is 12.1. The Morgan fingerprint density at radius 2 is 1.96 bits per heavy atom. The third-order valence-electron chi connectivity index (χ3n) is 3.64. The van der Waals surface area contributed by atoms with Crippen molar-refractivity contribution in [3.63, 3.8) is 0 Å². The summed E-state index contributed by atoms with van der Waals surface area (Å²) in [6, 6.07) is 14.0. The molecule has 7 heteroatoms. The summed E-state index contributed by atoms with van der Waals surface area (Å²) >= 11 is 0. The molecule has 2 aromatic rings. The van der Waals surface area contributed by atoms with Gasteiger partial charge in [0, 0.05) is 37.5 Å². The lowest BCUT2D eigenvalue weighted by Crippen LogP contribution is -2.28. The summed E-state index contributed by atoms with van der Waals surface area (Å²) in [7, 11) is 1.99. The maximum Gasteiger partial charge on any atom is 0.292 e. The van der Waals surface area contributed by atoms with Gasteiger partial charge in [0.05, 0.1) is 4.92 Å². The van der Waals surface area contributed by atoms with E-state index in [1.807, 2.05) is 37.4 Å². The first-order chi connectivity index (χ1) is 11.5. The number of nitro groups is 1. The minimum atomic E-state index is -0.596. The molecule has 1 amide bonds. The topological polar surface area (TPSA) is 102 Å². The summed E-state index contributed by atoms with van der Waals surface area (Å²) in [6.45, 7) is 1.26. The monoisotopic (exact) mass is 328 g/mol. The van der Waals surface area contributed by atoms with Gasteiger partial charge in [-0.3, -0.25) is 14.9 Å². The van der Waals surface area contributed by atoms with Crippen LogP contribution in [0.5, 0.6) is 0 Å². The lowest BCUT2D eigenvalue weighted by Gasteiger charge is -2.19. The van der Waals surface area contributed by atoms with Crippen LogP contribution in [0.4, 0.5) is 17.1 Å². The lowest BCUT2D eigenvalue weighted by molar-refractivity contribution is -0.383. The molecule has 0 bridgehead atoms. The van der Waals surface area contributed by atoms with Crippen LogP contribution in [0.1, 0.15) is 16.8 Å². The van der Waals surface area contributed by atoms with E-state index >= 15 is 0 Å². The fourth-order valence-electron chi connectivity index (χ4n) is 2.27. The zero-order valence-corrected chi connectivity index (χ0v) is 13.4. The van der Waals surface area contributed by atoms with Crippen molar-refractivity contribution in [1.82, 2.24) is 5.32 Å². The van der Waals surface area contributed by atoms with Crippen LogP contribution in [-0.2, 0) is 0 Å². The fourth-order valence-corrected chi connectivity index (χ4v) is 2.27. The third-order valence-corrected chi connectivity index (χ3v) is 3.64. The number of nitrogens with two attached hydrogens (primary N) is 1. The quantitative estimate of drug-likeness (QED) is 0.352. The van der Waals surface area contributed by atoms with Gasteiger partial charge in [-0.15, -0.1) is 0 Å². The van der Waals surface area contributed by atoms with E-state index < -0.39 is 4.92 Å². The van der Waals surface area contributed by atoms with Gasteiger partial charge in [0.1, 0.15) is 5.69 Å². The van der Waals surface area contributed by atoms with Crippen LogP contribution in [-0.4, -0.2) is 31.0 Å². The van der Waals surface area contributed by atoms with E-state index in [4.69, 9.17) is 5.73 Å². The summed E-state index contributed by atoms with van der Waals surface area (Å²) in [5.74, 6) is -0.347. The molecule has 0 aliphatic heterocycles. The Hall–Kier alpha value is -3.09. The highest BCUT2D eigenvalue weighted by Crippen LogP contribution is 2.22. The predicted octanol–water partition coefficient (Wildman–Crippen LogP) is 2.43. The van der Waals surface area contributed by atoms with Crippen LogP contribution in [0.2, 0.25) is 0 Å². The number of nitrogens with one attached hydrogen (secondary N) is 1. The molecule has 24 heavy (non-hydrogen) atoms. The molecule has 0 heterocycles. The number of anilines is 2. The zero-order valence-electron chi connectivity index (χ0n) is 13.4. The second kappa shape index (κ2) is 7.96. The van der Waals surface area contributed by atoms with E-state index in [1.165, 1.54) is 18.2 Å². The predicted molar refractivity (Wildman–Crippen MR) is 94.2 cm³/mol. The number of nitro benzene ring substituents is 1. The van der Waals surface area contributed by atoms with Gasteiger partial charge in [-0.25, -0.2) is 0 Å². The van der Waals surface area contributed by atoms with Crippen molar-refractivity contribution in [1.29, 1.82) is 0 Å². The Morgan fingerprint density at radius 1 is 1.25 bits per heavy atom. The number of benzene rings is 2. The maximum absolute atomic E-state index is 12.1. The van der Waals surface area contributed by atoms with Gasteiger partial charge in [0.2, 0.25) is 0 Å². The highest BCUT2D eigenvalue weighted by molar-refractivity contribution is 5.95. The number of carbonyl (C=O) groups excluding carboxylic acids is 1. The van der Waals surface area contributed by atoms with E-state index in [1.54, 1.807) is 0 Å². The second-order valence-corrected chi connectivity index (χ2v) is 5.40. The van der Waals surface area contributed by atoms with Crippen LogP contribution in [0.15, 0.2) is 48.5 Å². The number of amides is 1. The molecule has 0 aliphatic rings. The lowest BCUT2D eigenvalue weighted by atomic mass is 10.1. The average Bonchev–Trinajstić information content (AvgIpc) is 2.59. The highest BCUT2D eigenvalue weighted by Gasteiger charge is 2.15. The van der Waals surface area contributed by atoms with Crippen LogP contribution in [0.25, 0.3) is 0 Å². The normalized spacial score (nSPS) is 10.2. The number of hydrogen-bond acceptors (Lipinski definition) is 5. The summed E-state index contributed by atoms with van der Waals surface area (Å²) in [5, 5.41) is 13.6. The molecule has 0 atom stereocenters. The van der Waals surface area contributed by atoms with Gasteiger partial charge in [-0.1, -0.05) is 18.2 Å². The standard InChI is InChI=1S/C17H20N4O3/c1-20(14-6-3-2-4-7-14)11-5-10-19-17(22)13-8-9-15(18)16(12-13)21(23)24/h2-4,6-9,12H,5,10-11,18H2,1H3,(H,19,22). The van der Waals surface area contributed by atoms with E-state index in [-0.39, 0.29) is 22.8 Å². The zero-order chi connectivity index (χ0) is 17.5. The average molecular weight is 328 g/mol. The minimum absolute atomic E-state index is 0.0426. The summed E-state index contributed by atoms with van der Waals surface area (Å²) < 4.78 is 0. The second-order valence-electron chi connectivity index (χ2n) is 5.40. The number of carbonyl (C=O) groups is 1. The molecule has 126 valence electrons. The first-order valence-corrected chi connectivity index (χ1v) is 7.57. The number of hydrogen-bond donors (Lipinski definition) is 2. The Kier molecular flexibility index (Phi) is 5.73. The van der Waals surface area contributed by atoms with E-state index in [2.05, 4.69) is 10.2 Å². The molecule has 0 aromatic heterocycles. The van der Waals surface area contributed by atoms with Crippen molar-refractivity contribution in [3.05, 3.63) is 64.2 Å². The summed E-state index contributed by atoms with van der Waals surface area (Å²) in [6.07, 6.45) is 0.758. The number of nitrogens with zero attached hydrogens (tertiary/aromatic N) is 2. The number of rotatable bonds is 7. The molecular formula is C17H20N4O3. The largest absolute Gasteiger partial charge is 0.393 e. The molecule has 3 N–H and O–H groups in total. The fraction of sp³-hybridized carbons (Fsp3) is 0.235. The molecule has 0 aliphatic carbocycles. The Bertz CT molecular complexity index is 719. The van der Waals surface area contributed by atoms with Crippen molar-refractivity contribution >= 4 is 23.0 Å². The molecule has 2 rings (SSSR count). The van der Waals surface area contributed by atoms with Gasteiger partial charge < -0.3 is 16.0 Å². The third kappa shape index (κ3) is 4.45. The first kappa shape index (κ1) is 17.3. The molecule has 2 aromatic carbocycles. The SMILES string of the molecule is CN(CCCNC(=O)c1ccc(N)c([N+](=O)[O-])c1)c1ccccc1. The van der Waals surface area contributed by atoms with Crippen LogP contribution in [0, 0.1) is 10.1 Å². The van der Waals surface area contributed by atoms with Gasteiger partial charge in [0.25, 0.3) is 11.6 Å². The molecular weight excluding hydrogens is 308 g/mol. The van der Waals surface area contributed by atoms with Crippen molar-refractivity contribution in [3.8, 4) is 0 Å².